The van der Waals surface area contributed by atoms with Crippen LogP contribution in [0.3, 0.4) is 0 Å². The van der Waals surface area contributed by atoms with Gasteiger partial charge in [0.1, 0.15) is 0 Å². The Labute approximate surface area is 174 Å². The van der Waals surface area contributed by atoms with Crippen molar-refractivity contribution in [2.24, 2.45) is 0 Å². The zero-order valence-corrected chi connectivity index (χ0v) is 18.3. The van der Waals surface area contributed by atoms with Crippen LogP contribution in [0.4, 0.5) is 5.69 Å². The minimum absolute atomic E-state index is 0.000225. The summed E-state index contributed by atoms with van der Waals surface area (Å²) in [6.07, 6.45) is 5.84. The van der Waals surface area contributed by atoms with E-state index >= 15 is 0 Å². The van der Waals surface area contributed by atoms with Gasteiger partial charge in [0.25, 0.3) is 0 Å². The van der Waals surface area contributed by atoms with Crippen molar-refractivity contribution in [3.05, 3.63) is 57.3 Å². The molecule has 1 fully saturated rings. The number of likely N-dealkylation sites (N-methyl/N-ethyl adjacent to an activating group) is 1. The van der Waals surface area contributed by atoms with Gasteiger partial charge in [-0.3, -0.25) is 9.59 Å². The highest BCUT2D eigenvalue weighted by Crippen LogP contribution is 2.38. The number of halogens is 1. The standard InChI is InChI=1S/C22H26BrN3O2/c1-14-11-18(23)6-9-20(14)24-21(27)13-25(4)22(28)10-5-17-12-15(2)26(16(17)3)19-7-8-19/h5-6,9-12,19H,7-8,13H2,1-4H3,(H,24,27)/b10-5+. The second-order valence-electron chi connectivity index (χ2n) is 7.46. The monoisotopic (exact) mass is 443 g/mol. The van der Waals surface area contributed by atoms with Crippen LogP contribution in [-0.4, -0.2) is 34.9 Å². The summed E-state index contributed by atoms with van der Waals surface area (Å²) in [7, 11) is 1.63. The Morgan fingerprint density at radius 1 is 1.25 bits per heavy atom. The average molecular weight is 444 g/mol. The Kier molecular flexibility index (Phi) is 6.08. The molecule has 1 aliphatic rings. The molecule has 28 heavy (non-hydrogen) atoms. The molecule has 0 spiro atoms. The first-order valence-corrected chi connectivity index (χ1v) is 10.2. The van der Waals surface area contributed by atoms with Gasteiger partial charge in [0, 0.05) is 40.7 Å². The predicted molar refractivity (Wildman–Crippen MR) is 116 cm³/mol. The molecule has 1 aliphatic carbocycles. The van der Waals surface area contributed by atoms with Crippen molar-refractivity contribution in [1.29, 1.82) is 0 Å². The molecule has 3 rings (SSSR count). The molecule has 1 aromatic carbocycles. The van der Waals surface area contributed by atoms with Crippen LogP contribution < -0.4 is 5.32 Å². The van der Waals surface area contributed by atoms with Crippen LogP contribution in [-0.2, 0) is 9.59 Å². The van der Waals surface area contributed by atoms with Gasteiger partial charge in [-0.1, -0.05) is 15.9 Å². The molecule has 1 saturated carbocycles. The summed E-state index contributed by atoms with van der Waals surface area (Å²) in [5.74, 6) is -0.416. The van der Waals surface area contributed by atoms with Gasteiger partial charge in [0.15, 0.2) is 0 Å². The van der Waals surface area contributed by atoms with Gasteiger partial charge in [-0.05, 0) is 75.1 Å². The van der Waals surface area contributed by atoms with Gasteiger partial charge in [0.2, 0.25) is 11.8 Å². The van der Waals surface area contributed by atoms with Crippen molar-refractivity contribution >= 4 is 39.5 Å². The highest BCUT2D eigenvalue weighted by Gasteiger charge is 2.26. The van der Waals surface area contributed by atoms with Crippen LogP contribution in [0.1, 0.15) is 41.4 Å². The maximum Gasteiger partial charge on any atom is 0.246 e. The summed E-state index contributed by atoms with van der Waals surface area (Å²) < 4.78 is 3.31. The molecule has 0 atom stereocenters. The molecule has 2 amide bonds. The molecule has 1 heterocycles. The number of benzene rings is 1. The van der Waals surface area contributed by atoms with Gasteiger partial charge in [-0.15, -0.1) is 0 Å². The Morgan fingerprint density at radius 2 is 1.96 bits per heavy atom. The zero-order chi connectivity index (χ0) is 20.4. The summed E-state index contributed by atoms with van der Waals surface area (Å²) in [6.45, 7) is 6.12. The van der Waals surface area contributed by atoms with Gasteiger partial charge < -0.3 is 14.8 Å². The second-order valence-corrected chi connectivity index (χ2v) is 8.38. The van der Waals surface area contributed by atoms with E-state index in [1.807, 2.05) is 31.2 Å². The molecule has 148 valence electrons. The number of nitrogens with one attached hydrogen (secondary N) is 1. The van der Waals surface area contributed by atoms with Gasteiger partial charge in [-0.25, -0.2) is 0 Å². The lowest BCUT2D eigenvalue weighted by Crippen LogP contribution is -2.34. The van der Waals surface area contributed by atoms with Crippen molar-refractivity contribution in [3.8, 4) is 0 Å². The summed E-state index contributed by atoms with van der Waals surface area (Å²) in [5.41, 5.74) is 5.18. The number of aromatic nitrogens is 1. The highest BCUT2D eigenvalue weighted by atomic mass is 79.9. The van der Waals surface area contributed by atoms with Crippen LogP contribution in [0.25, 0.3) is 6.08 Å². The predicted octanol–water partition coefficient (Wildman–Crippen LogP) is 4.62. The van der Waals surface area contributed by atoms with Crippen LogP contribution in [0.15, 0.2) is 34.8 Å². The molecule has 2 aromatic rings. The number of rotatable bonds is 6. The highest BCUT2D eigenvalue weighted by molar-refractivity contribution is 9.10. The number of nitrogens with zero attached hydrogens (tertiary/aromatic N) is 2. The Balaban J connectivity index is 1.59. The van der Waals surface area contributed by atoms with Gasteiger partial charge in [0.05, 0.1) is 6.54 Å². The van der Waals surface area contributed by atoms with Crippen molar-refractivity contribution < 1.29 is 9.59 Å². The lowest BCUT2D eigenvalue weighted by Gasteiger charge is -2.15. The third-order valence-corrected chi connectivity index (χ3v) is 5.55. The molecule has 1 N–H and O–H groups in total. The number of amides is 2. The van der Waals surface area contributed by atoms with Crippen LogP contribution in [0.5, 0.6) is 0 Å². The Morgan fingerprint density at radius 3 is 2.61 bits per heavy atom. The van der Waals surface area contributed by atoms with E-state index in [0.29, 0.717) is 6.04 Å². The lowest BCUT2D eigenvalue weighted by atomic mass is 10.2. The molecule has 0 aliphatic heterocycles. The first-order valence-electron chi connectivity index (χ1n) is 9.44. The van der Waals surface area contributed by atoms with Crippen LogP contribution in [0, 0.1) is 20.8 Å². The van der Waals surface area contributed by atoms with E-state index in [2.05, 4.69) is 45.7 Å². The summed E-state index contributed by atoms with van der Waals surface area (Å²) in [4.78, 5) is 26.1. The molecule has 0 radical (unpaired) electrons. The molecule has 6 heteroatoms. The third-order valence-electron chi connectivity index (χ3n) is 5.06. The molecule has 0 bridgehead atoms. The largest absolute Gasteiger partial charge is 0.346 e. The van der Waals surface area contributed by atoms with Gasteiger partial charge >= 0.3 is 0 Å². The van der Waals surface area contributed by atoms with Crippen molar-refractivity contribution in [2.45, 2.75) is 39.7 Å². The summed E-state index contributed by atoms with van der Waals surface area (Å²) in [6, 6.07) is 8.38. The van der Waals surface area contributed by atoms with E-state index in [-0.39, 0.29) is 18.4 Å². The SMILES string of the molecule is Cc1cc(Br)ccc1NC(=O)CN(C)C(=O)/C=C/c1cc(C)n(C2CC2)c1C. The van der Waals surface area contributed by atoms with Crippen molar-refractivity contribution in [2.75, 3.05) is 18.9 Å². The fourth-order valence-electron chi connectivity index (χ4n) is 3.40. The number of carbonyl (C=O) groups excluding carboxylic acids is 2. The number of hydrogen-bond donors (Lipinski definition) is 1. The molecule has 0 unspecified atom stereocenters. The zero-order valence-electron chi connectivity index (χ0n) is 16.8. The van der Waals surface area contributed by atoms with Crippen LogP contribution in [0.2, 0.25) is 0 Å². The molecular weight excluding hydrogens is 418 g/mol. The first-order chi connectivity index (χ1) is 13.3. The number of anilines is 1. The maximum atomic E-state index is 12.4. The molecule has 0 saturated heterocycles. The fraction of sp³-hybridized carbons (Fsp3) is 0.364. The van der Waals surface area contributed by atoms with E-state index < -0.39 is 0 Å². The smallest absolute Gasteiger partial charge is 0.246 e. The second kappa shape index (κ2) is 8.35. The third kappa shape index (κ3) is 4.73. The summed E-state index contributed by atoms with van der Waals surface area (Å²) >= 11 is 3.41. The lowest BCUT2D eigenvalue weighted by molar-refractivity contribution is -0.129. The quantitative estimate of drug-likeness (QED) is 0.661. The van der Waals surface area contributed by atoms with Crippen LogP contribution >= 0.6 is 15.9 Å². The fourth-order valence-corrected chi connectivity index (χ4v) is 3.88. The van der Waals surface area contributed by atoms with Gasteiger partial charge in [-0.2, -0.15) is 0 Å². The molecule has 5 nitrogen and oxygen atoms in total. The number of carbonyl (C=O) groups is 2. The Bertz CT molecular complexity index is 941. The minimum Gasteiger partial charge on any atom is -0.346 e. The number of hydrogen-bond acceptors (Lipinski definition) is 2. The van der Waals surface area contributed by atoms with Crippen molar-refractivity contribution in [3.63, 3.8) is 0 Å². The van der Waals surface area contributed by atoms with Crippen molar-refractivity contribution in [1.82, 2.24) is 9.47 Å². The summed E-state index contributed by atoms with van der Waals surface area (Å²) in [5, 5.41) is 2.86. The van der Waals surface area contributed by atoms with E-state index in [4.69, 9.17) is 0 Å². The van der Waals surface area contributed by atoms with E-state index in [0.717, 1.165) is 21.3 Å². The number of aryl methyl sites for hydroxylation is 2. The van der Waals surface area contributed by atoms with E-state index in [1.165, 1.54) is 35.2 Å². The van der Waals surface area contributed by atoms with E-state index in [9.17, 15) is 9.59 Å². The minimum atomic E-state index is -0.221. The molecule has 1 aromatic heterocycles. The topological polar surface area (TPSA) is 54.3 Å². The average Bonchev–Trinajstić information content (AvgIpc) is 3.41. The maximum absolute atomic E-state index is 12.4. The van der Waals surface area contributed by atoms with E-state index in [1.54, 1.807) is 7.05 Å². The molecular formula is C22H26BrN3O2. The Hall–Kier alpha value is -2.34. The first kappa shape index (κ1) is 20.4. The normalized spacial score (nSPS) is 13.8.